The Bertz CT molecular complexity index is 1670. The predicted octanol–water partition coefficient (Wildman–Crippen LogP) is 5.20. The number of aryl methyl sites for hydroxylation is 1. The molecule has 0 aliphatic rings. The number of nitrogens with one attached hydrogen (secondary N) is 2. The monoisotopic (exact) mass is 606 g/mol. The number of nitrogens with zero attached hydrogens (tertiary/aromatic N) is 6. The zero-order valence-electron chi connectivity index (χ0n) is 25.6. The molecule has 11 heteroatoms. The van der Waals surface area contributed by atoms with Crippen LogP contribution in [0.4, 0.5) is 0 Å². The maximum atomic E-state index is 13.5. The van der Waals surface area contributed by atoms with Crippen LogP contribution in [0.2, 0.25) is 0 Å². The average molecular weight is 607 g/mol. The van der Waals surface area contributed by atoms with E-state index in [1.54, 1.807) is 0 Å². The third kappa shape index (κ3) is 8.47. The number of tetrazole rings is 1. The molecule has 2 N–H and O–H groups in total. The van der Waals surface area contributed by atoms with Gasteiger partial charge in [-0.05, 0) is 52.9 Å². The molecule has 2 aromatic carbocycles. The average Bonchev–Trinajstić information content (AvgIpc) is 3.73. The third-order valence-electron chi connectivity index (χ3n) is 7.40. The molecule has 0 saturated heterocycles. The van der Waals surface area contributed by atoms with E-state index in [1.165, 1.54) is 0 Å². The van der Waals surface area contributed by atoms with Gasteiger partial charge in [0.05, 0.1) is 25.3 Å². The Labute approximate surface area is 262 Å². The summed E-state index contributed by atoms with van der Waals surface area (Å²) in [6, 6.07) is 23.0. The van der Waals surface area contributed by atoms with Crippen molar-refractivity contribution in [1.82, 2.24) is 40.7 Å². The van der Waals surface area contributed by atoms with Crippen LogP contribution in [-0.2, 0) is 28.9 Å². The molecule has 0 fully saturated rings. The van der Waals surface area contributed by atoms with Gasteiger partial charge in [-0.2, -0.15) is 5.10 Å². The molecule has 0 aliphatic carbocycles. The van der Waals surface area contributed by atoms with E-state index >= 15 is 0 Å². The summed E-state index contributed by atoms with van der Waals surface area (Å²) in [5, 5.41) is 22.0. The second kappa shape index (κ2) is 15.5. The predicted molar refractivity (Wildman–Crippen MR) is 170 cm³/mol. The molecule has 1 amide bonds. The lowest BCUT2D eigenvalue weighted by Gasteiger charge is -2.18. The molecule has 5 aromatic rings. The number of hydrogen-bond donors (Lipinski definition) is 2. The summed E-state index contributed by atoms with van der Waals surface area (Å²) in [5.74, 6) is -0.0688. The zero-order chi connectivity index (χ0) is 31.4. The van der Waals surface area contributed by atoms with Crippen molar-refractivity contribution in [2.75, 3.05) is 6.61 Å². The smallest absolute Gasteiger partial charge is 0.307 e. The minimum absolute atomic E-state index is 0.0843. The van der Waals surface area contributed by atoms with E-state index in [1.807, 2.05) is 90.6 Å². The fraction of sp³-hybridized carbons (Fsp3) is 0.324. The summed E-state index contributed by atoms with van der Waals surface area (Å²) in [6.45, 7) is 4.98. The van der Waals surface area contributed by atoms with E-state index < -0.39 is 6.04 Å². The van der Waals surface area contributed by atoms with Crippen molar-refractivity contribution in [2.45, 2.75) is 65.0 Å². The maximum absolute atomic E-state index is 13.5. The number of amides is 1. The number of aromatic nitrogens is 7. The van der Waals surface area contributed by atoms with Crippen LogP contribution in [0.15, 0.2) is 79.0 Å². The summed E-state index contributed by atoms with van der Waals surface area (Å²) in [6.07, 6.45) is 5.83. The second-order valence-corrected chi connectivity index (χ2v) is 10.9. The Morgan fingerprint density at radius 1 is 0.956 bits per heavy atom. The summed E-state index contributed by atoms with van der Waals surface area (Å²) >= 11 is 0. The van der Waals surface area contributed by atoms with E-state index in [0.29, 0.717) is 31.1 Å². The molecule has 0 bridgehead atoms. The first-order chi connectivity index (χ1) is 22.0. The Morgan fingerprint density at radius 2 is 1.76 bits per heavy atom. The first-order valence-corrected chi connectivity index (χ1v) is 15.4. The second-order valence-electron chi connectivity index (χ2n) is 10.9. The van der Waals surface area contributed by atoms with E-state index in [4.69, 9.17) is 9.72 Å². The molecular formula is C34H38N8O3. The van der Waals surface area contributed by atoms with Gasteiger partial charge < -0.3 is 10.1 Å². The first kappa shape index (κ1) is 31.2. The number of aromatic amines is 1. The minimum Gasteiger partial charge on any atom is -0.466 e. The summed E-state index contributed by atoms with van der Waals surface area (Å²) in [5.41, 5.74) is 5.79. The summed E-state index contributed by atoms with van der Waals surface area (Å²) < 4.78 is 7.25. The maximum Gasteiger partial charge on any atom is 0.307 e. The van der Waals surface area contributed by atoms with E-state index in [2.05, 4.69) is 38.0 Å². The van der Waals surface area contributed by atoms with E-state index in [9.17, 15) is 9.59 Å². The van der Waals surface area contributed by atoms with Gasteiger partial charge >= 0.3 is 5.97 Å². The van der Waals surface area contributed by atoms with Crippen LogP contribution in [0.5, 0.6) is 0 Å². The molecule has 1 unspecified atom stereocenters. The number of unbranched alkanes of at least 4 members (excludes halogenated alkanes) is 1. The number of esters is 1. The lowest BCUT2D eigenvalue weighted by Crippen LogP contribution is -2.38. The van der Waals surface area contributed by atoms with Gasteiger partial charge in [0.2, 0.25) is 0 Å². The molecule has 3 heterocycles. The van der Waals surface area contributed by atoms with E-state index in [0.717, 1.165) is 59.3 Å². The number of benzene rings is 2. The highest BCUT2D eigenvalue weighted by Gasteiger charge is 2.22. The Hall–Kier alpha value is -5.19. The molecule has 3 aromatic heterocycles. The van der Waals surface area contributed by atoms with E-state index in [-0.39, 0.29) is 18.3 Å². The first-order valence-electron chi connectivity index (χ1n) is 15.4. The largest absolute Gasteiger partial charge is 0.466 e. The number of H-pyrrole nitrogens is 1. The van der Waals surface area contributed by atoms with Gasteiger partial charge in [-0.1, -0.05) is 87.4 Å². The van der Waals surface area contributed by atoms with Gasteiger partial charge in [0.25, 0.3) is 5.91 Å². The van der Waals surface area contributed by atoms with Crippen LogP contribution < -0.4 is 5.32 Å². The van der Waals surface area contributed by atoms with Gasteiger partial charge in [-0.15, -0.1) is 5.10 Å². The highest BCUT2D eigenvalue weighted by atomic mass is 16.5. The Kier molecular flexibility index (Phi) is 10.8. The SMILES string of the molecule is CCCCOC(=O)CC(Cc1ccccc1)NC(=O)c1cc(CCC)n(Cc2ccc(-c3ccccc3-c3nnn[nH]3)nc2)n1. The molecule has 0 spiro atoms. The summed E-state index contributed by atoms with van der Waals surface area (Å²) in [4.78, 5) is 30.8. The van der Waals surface area contributed by atoms with Crippen molar-refractivity contribution < 1.29 is 14.3 Å². The number of hydrogen-bond acceptors (Lipinski definition) is 8. The van der Waals surface area contributed by atoms with Gasteiger partial charge in [0, 0.05) is 29.1 Å². The molecule has 11 nitrogen and oxygen atoms in total. The fourth-order valence-electron chi connectivity index (χ4n) is 5.12. The van der Waals surface area contributed by atoms with Crippen LogP contribution in [0.1, 0.15) is 66.8 Å². The summed E-state index contributed by atoms with van der Waals surface area (Å²) in [7, 11) is 0. The standard InChI is InChI=1S/C34H38N8O3/c1-3-5-18-45-32(43)20-26(19-24-12-7-6-8-13-24)36-34(44)31-21-27(11-4-2)42(39-31)23-25-16-17-30(35-22-25)28-14-9-10-15-29(28)33-37-40-41-38-33/h6-10,12-17,21-22,26H,3-5,11,18-20,23H2,1-2H3,(H,36,44)(H,37,38,40,41). The molecule has 0 saturated carbocycles. The highest BCUT2D eigenvalue weighted by Crippen LogP contribution is 2.28. The van der Waals surface area contributed by atoms with Crippen molar-refractivity contribution in [2.24, 2.45) is 0 Å². The number of carbonyl (C=O) groups excluding carboxylic acids is 2. The fourth-order valence-corrected chi connectivity index (χ4v) is 5.12. The third-order valence-corrected chi connectivity index (χ3v) is 7.40. The van der Waals surface area contributed by atoms with Gasteiger partial charge in [-0.3, -0.25) is 19.3 Å². The molecule has 45 heavy (non-hydrogen) atoms. The molecule has 232 valence electrons. The Morgan fingerprint density at radius 3 is 2.47 bits per heavy atom. The molecular weight excluding hydrogens is 568 g/mol. The number of pyridine rings is 1. The molecule has 0 aliphatic heterocycles. The quantitative estimate of drug-likeness (QED) is 0.122. The number of carbonyl (C=O) groups is 2. The number of ether oxygens (including phenoxy) is 1. The minimum atomic E-state index is -0.429. The zero-order valence-corrected chi connectivity index (χ0v) is 25.6. The van der Waals surface area contributed by atoms with Gasteiger partial charge in [0.15, 0.2) is 5.82 Å². The van der Waals surface area contributed by atoms with Crippen LogP contribution in [0.3, 0.4) is 0 Å². The van der Waals surface area contributed by atoms with Crippen LogP contribution in [-0.4, -0.2) is 59.9 Å². The van der Waals surface area contributed by atoms with Crippen molar-refractivity contribution >= 4 is 11.9 Å². The van der Waals surface area contributed by atoms with Crippen molar-refractivity contribution in [3.63, 3.8) is 0 Å². The van der Waals surface area contributed by atoms with Crippen LogP contribution in [0, 0.1) is 0 Å². The molecule has 5 rings (SSSR count). The molecule has 0 radical (unpaired) electrons. The lowest BCUT2D eigenvalue weighted by molar-refractivity contribution is -0.144. The molecule has 1 atom stereocenters. The lowest BCUT2D eigenvalue weighted by atomic mass is 10.0. The Balaban J connectivity index is 1.31. The number of rotatable bonds is 15. The van der Waals surface area contributed by atoms with Gasteiger partial charge in [0.1, 0.15) is 5.69 Å². The normalized spacial score (nSPS) is 11.7. The van der Waals surface area contributed by atoms with Gasteiger partial charge in [-0.25, -0.2) is 5.10 Å². The van der Waals surface area contributed by atoms with Crippen molar-refractivity contribution in [3.8, 4) is 22.6 Å². The topological polar surface area (TPSA) is 141 Å². The van der Waals surface area contributed by atoms with Crippen molar-refractivity contribution in [1.29, 1.82) is 0 Å². The van der Waals surface area contributed by atoms with Crippen LogP contribution in [0.25, 0.3) is 22.6 Å². The van der Waals surface area contributed by atoms with Crippen LogP contribution >= 0.6 is 0 Å². The van der Waals surface area contributed by atoms with Crippen molar-refractivity contribution in [3.05, 3.63) is 102 Å². The highest BCUT2D eigenvalue weighted by molar-refractivity contribution is 5.93.